The molecule has 0 heterocycles. The maximum atomic E-state index is 13.4. The summed E-state index contributed by atoms with van der Waals surface area (Å²) >= 11 is 0. The largest absolute Gasteiger partial charge is 0.400 e. The van der Waals surface area contributed by atoms with Crippen LogP contribution in [0.5, 0.6) is 0 Å². The highest BCUT2D eigenvalue weighted by Gasteiger charge is 2.18. The summed E-state index contributed by atoms with van der Waals surface area (Å²) in [7, 11) is 2.54. The van der Waals surface area contributed by atoms with Crippen molar-refractivity contribution in [3.05, 3.63) is 70.8 Å². The molecule has 2 aromatic rings. The van der Waals surface area contributed by atoms with Crippen LogP contribution in [0.15, 0.2) is 48.5 Å². The number of aliphatic hydroxyl groups excluding tert-OH is 1. The molecule has 0 aliphatic rings. The lowest BCUT2D eigenvalue weighted by molar-refractivity contribution is -0.132. The number of nitrogens with one attached hydrogen (secondary N) is 1. The SMILES string of the molecule is CCC(C(C)=O)C(=O)NC.CCCC(F)CCCCc1ccc(C#Cc2ccc(C(C)=O)cc2)cc1.CO. The van der Waals surface area contributed by atoms with E-state index in [0.717, 1.165) is 43.9 Å². The molecule has 38 heavy (non-hydrogen) atoms. The van der Waals surface area contributed by atoms with Crippen molar-refractivity contribution in [1.29, 1.82) is 0 Å². The molecule has 0 bridgehead atoms. The van der Waals surface area contributed by atoms with Gasteiger partial charge in [0, 0.05) is 30.8 Å². The minimum absolute atomic E-state index is 0.0625. The Hall–Kier alpha value is -3.30. The van der Waals surface area contributed by atoms with E-state index in [1.165, 1.54) is 19.5 Å². The van der Waals surface area contributed by atoms with E-state index in [0.29, 0.717) is 24.8 Å². The van der Waals surface area contributed by atoms with E-state index >= 15 is 0 Å². The van der Waals surface area contributed by atoms with Crippen LogP contribution in [-0.4, -0.2) is 42.9 Å². The lowest BCUT2D eigenvalue weighted by Gasteiger charge is -2.07. The second-order valence-corrected chi connectivity index (χ2v) is 8.90. The van der Waals surface area contributed by atoms with Crippen LogP contribution in [0.2, 0.25) is 0 Å². The molecule has 0 aliphatic heterocycles. The van der Waals surface area contributed by atoms with E-state index in [-0.39, 0.29) is 17.5 Å². The minimum Gasteiger partial charge on any atom is -0.400 e. The van der Waals surface area contributed by atoms with Gasteiger partial charge in [0.05, 0.1) is 5.92 Å². The van der Waals surface area contributed by atoms with Gasteiger partial charge in [-0.3, -0.25) is 14.4 Å². The highest BCUT2D eigenvalue weighted by molar-refractivity contribution is 6.00. The number of hydrogen-bond donors (Lipinski definition) is 2. The van der Waals surface area contributed by atoms with Gasteiger partial charge in [-0.1, -0.05) is 62.8 Å². The fraction of sp³-hybridized carbons (Fsp3) is 0.469. The van der Waals surface area contributed by atoms with Crippen LogP contribution in [0.25, 0.3) is 0 Å². The third kappa shape index (κ3) is 14.4. The quantitative estimate of drug-likeness (QED) is 0.161. The topological polar surface area (TPSA) is 83.5 Å². The molecule has 2 N–H and O–H groups in total. The van der Waals surface area contributed by atoms with Crippen molar-refractivity contribution >= 4 is 17.5 Å². The first-order chi connectivity index (χ1) is 18.2. The maximum absolute atomic E-state index is 13.4. The molecule has 0 aromatic heterocycles. The molecule has 0 saturated heterocycles. The summed E-state index contributed by atoms with van der Waals surface area (Å²) in [5.74, 6) is 5.62. The smallest absolute Gasteiger partial charge is 0.230 e. The summed E-state index contributed by atoms with van der Waals surface area (Å²) in [5, 5.41) is 9.44. The Morgan fingerprint density at radius 1 is 0.868 bits per heavy atom. The van der Waals surface area contributed by atoms with Gasteiger partial charge in [0.25, 0.3) is 0 Å². The molecule has 0 fully saturated rings. The predicted molar refractivity (Wildman–Crippen MR) is 153 cm³/mol. The van der Waals surface area contributed by atoms with E-state index in [1.807, 2.05) is 38.1 Å². The van der Waals surface area contributed by atoms with Crippen LogP contribution < -0.4 is 5.32 Å². The van der Waals surface area contributed by atoms with Gasteiger partial charge in [0.1, 0.15) is 12.0 Å². The number of aryl methyl sites for hydroxylation is 1. The Balaban J connectivity index is 0.000000962. The molecule has 2 aromatic carbocycles. The molecule has 0 radical (unpaired) electrons. The second-order valence-electron chi connectivity index (χ2n) is 8.90. The molecular formula is C32H44FNO4. The Morgan fingerprint density at radius 2 is 1.39 bits per heavy atom. The third-order valence-corrected chi connectivity index (χ3v) is 5.89. The lowest BCUT2D eigenvalue weighted by atomic mass is 10.0. The lowest BCUT2D eigenvalue weighted by Crippen LogP contribution is -2.31. The summed E-state index contributed by atoms with van der Waals surface area (Å²) in [4.78, 5) is 32.8. The van der Waals surface area contributed by atoms with Crippen LogP contribution in [0.1, 0.15) is 93.3 Å². The summed E-state index contributed by atoms with van der Waals surface area (Å²) in [6, 6.07) is 15.6. The summed E-state index contributed by atoms with van der Waals surface area (Å²) in [6.07, 6.45) is 5.18. The Bertz CT molecular complexity index is 1020. The first kappa shape index (κ1) is 34.7. The molecule has 5 nitrogen and oxygen atoms in total. The zero-order chi connectivity index (χ0) is 28.9. The van der Waals surface area contributed by atoms with Crippen molar-refractivity contribution in [2.75, 3.05) is 14.2 Å². The minimum atomic E-state index is -0.637. The van der Waals surface area contributed by atoms with Crippen molar-refractivity contribution in [2.45, 2.75) is 78.8 Å². The Labute approximate surface area is 228 Å². The number of ketones is 2. The van der Waals surface area contributed by atoms with Gasteiger partial charge < -0.3 is 10.4 Å². The standard InChI is InChI=1S/C24H27FO.C7H13NO2.CH4O/c1-3-6-24(25)8-5-4-7-20-9-11-21(12-10-20)13-14-22-15-17-23(18-16-22)19(2)26;1-4-6(5(2)9)7(10)8-3;1-2/h9-12,15-18,24H,3-8H2,1-2H3;6H,4H2,1-3H3,(H,8,10);2H,1H3. The van der Waals surface area contributed by atoms with Gasteiger partial charge in [-0.15, -0.1) is 0 Å². The van der Waals surface area contributed by atoms with Crippen LogP contribution in [-0.2, 0) is 16.0 Å². The average molecular weight is 526 g/mol. The average Bonchev–Trinajstić information content (AvgIpc) is 2.92. The summed E-state index contributed by atoms with van der Waals surface area (Å²) in [6.45, 7) is 6.84. The molecule has 2 unspecified atom stereocenters. The third-order valence-electron chi connectivity index (χ3n) is 5.89. The predicted octanol–water partition coefficient (Wildman–Crippen LogP) is 6.10. The summed E-state index contributed by atoms with van der Waals surface area (Å²) in [5.41, 5.74) is 3.84. The molecule has 2 atom stereocenters. The highest BCUT2D eigenvalue weighted by atomic mass is 19.1. The van der Waals surface area contributed by atoms with Gasteiger partial charge in [0.15, 0.2) is 5.78 Å². The number of benzene rings is 2. The van der Waals surface area contributed by atoms with Crippen LogP contribution in [0, 0.1) is 17.8 Å². The fourth-order valence-electron chi connectivity index (χ4n) is 3.67. The molecule has 1 amide bonds. The first-order valence-corrected chi connectivity index (χ1v) is 13.2. The normalized spacial score (nSPS) is 11.3. The number of aliphatic hydroxyl groups is 1. The maximum Gasteiger partial charge on any atom is 0.230 e. The number of Topliss-reactive ketones (excluding diaryl/α,β-unsaturated/α-hetero) is 2. The zero-order valence-electron chi connectivity index (χ0n) is 23.8. The number of carbonyl (C=O) groups excluding carboxylic acids is 3. The second kappa shape index (κ2) is 20.7. The molecule has 208 valence electrons. The molecule has 0 saturated carbocycles. The number of alkyl halides is 1. The van der Waals surface area contributed by atoms with E-state index in [9.17, 15) is 18.8 Å². The fourth-order valence-corrected chi connectivity index (χ4v) is 3.67. The molecule has 6 heteroatoms. The highest BCUT2D eigenvalue weighted by Crippen LogP contribution is 2.14. The number of hydrogen-bond acceptors (Lipinski definition) is 4. The van der Waals surface area contributed by atoms with Gasteiger partial charge in [0.2, 0.25) is 5.91 Å². The van der Waals surface area contributed by atoms with Crippen LogP contribution in [0.3, 0.4) is 0 Å². The first-order valence-electron chi connectivity index (χ1n) is 13.2. The van der Waals surface area contributed by atoms with Crippen molar-refractivity contribution in [3.63, 3.8) is 0 Å². The van der Waals surface area contributed by atoms with E-state index in [2.05, 4.69) is 29.3 Å². The van der Waals surface area contributed by atoms with Crippen LogP contribution in [0.4, 0.5) is 4.39 Å². The van der Waals surface area contributed by atoms with Crippen LogP contribution >= 0.6 is 0 Å². The van der Waals surface area contributed by atoms with Gasteiger partial charge in [-0.2, -0.15) is 0 Å². The molecular weight excluding hydrogens is 481 g/mol. The number of halogens is 1. The van der Waals surface area contributed by atoms with Crippen molar-refractivity contribution in [3.8, 4) is 11.8 Å². The van der Waals surface area contributed by atoms with Crippen molar-refractivity contribution < 1.29 is 23.9 Å². The van der Waals surface area contributed by atoms with E-state index in [1.54, 1.807) is 19.1 Å². The number of rotatable bonds is 11. The molecule has 0 spiro atoms. The molecule has 2 rings (SSSR count). The number of carbonyl (C=O) groups is 3. The van der Waals surface area contributed by atoms with E-state index < -0.39 is 12.1 Å². The van der Waals surface area contributed by atoms with Gasteiger partial charge in [-0.25, -0.2) is 4.39 Å². The number of unbranched alkanes of at least 4 members (excludes halogenated alkanes) is 1. The number of amides is 1. The molecule has 0 aliphatic carbocycles. The van der Waals surface area contributed by atoms with E-state index in [4.69, 9.17) is 5.11 Å². The van der Waals surface area contributed by atoms with Gasteiger partial charge in [-0.05, 0) is 75.8 Å². The monoisotopic (exact) mass is 525 g/mol. The van der Waals surface area contributed by atoms with Gasteiger partial charge >= 0.3 is 0 Å². The van der Waals surface area contributed by atoms with Crippen molar-refractivity contribution in [2.24, 2.45) is 5.92 Å². The Kier molecular flexibility index (Phi) is 18.9. The summed E-state index contributed by atoms with van der Waals surface area (Å²) < 4.78 is 13.4. The van der Waals surface area contributed by atoms with Crippen molar-refractivity contribution in [1.82, 2.24) is 5.32 Å². The zero-order valence-corrected chi connectivity index (χ0v) is 23.8. The Morgan fingerprint density at radius 3 is 1.79 bits per heavy atom.